The van der Waals surface area contributed by atoms with Crippen molar-refractivity contribution in [2.45, 2.75) is 23.7 Å². The molecule has 5 rings (SSSR count). The third-order valence-corrected chi connectivity index (χ3v) is 8.07. The van der Waals surface area contributed by atoms with Gasteiger partial charge in [-0.2, -0.15) is 9.29 Å². The van der Waals surface area contributed by atoms with Crippen molar-refractivity contribution in [2.24, 2.45) is 0 Å². The highest BCUT2D eigenvalue weighted by Gasteiger charge is 2.34. The van der Waals surface area contributed by atoms with Crippen molar-refractivity contribution < 1.29 is 12.9 Å². The Hall–Kier alpha value is -2.55. The van der Waals surface area contributed by atoms with Crippen molar-refractivity contribution in [2.75, 3.05) is 13.1 Å². The van der Waals surface area contributed by atoms with Gasteiger partial charge < -0.3 is 4.52 Å². The molecule has 2 aromatic carbocycles. The summed E-state index contributed by atoms with van der Waals surface area (Å²) in [6, 6.07) is 16.9. The van der Waals surface area contributed by atoms with Gasteiger partial charge in [0.15, 0.2) is 0 Å². The number of hydrogen-bond donors (Lipinski definition) is 0. The second-order valence-corrected chi connectivity index (χ2v) is 9.97. The van der Waals surface area contributed by atoms with Crippen LogP contribution in [-0.2, 0) is 10.0 Å². The minimum Gasteiger partial charge on any atom is -0.339 e. The Kier molecular flexibility index (Phi) is 4.69. The van der Waals surface area contributed by atoms with E-state index in [1.54, 1.807) is 27.8 Å². The molecule has 1 atom stereocenters. The molecule has 0 amide bonds. The molecule has 0 N–H and O–H groups in total. The predicted octanol–water partition coefficient (Wildman–Crippen LogP) is 4.52. The summed E-state index contributed by atoms with van der Waals surface area (Å²) >= 11 is 1.55. The number of fused-ring (bicyclic) bond motifs is 1. The molecule has 0 saturated carbocycles. The van der Waals surface area contributed by atoms with Crippen LogP contribution >= 0.6 is 11.3 Å². The van der Waals surface area contributed by atoms with Crippen molar-refractivity contribution in [1.29, 1.82) is 0 Å². The van der Waals surface area contributed by atoms with Gasteiger partial charge in [-0.1, -0.05) is 47.6 Å². The number of aromatic nitrogens is 2. The number of hydrogen-bond acceptors (Lipinski definition) is 6. The third-order valence-electron chi connectivity index (χ3n) is 5.28. The lowest BCUT2D eigenvalue weighted by Gasteiger charge is -2.30. The average molecular weight is 426 g/mol. The van der Waals surface area contributed by atoms with Crippen LogP contribution in [0.5, 0.6) is 0 Å². The van der Waals surface area contributed by atoms with Gasteiger partial charge in [-0.3, -0.25) is 0 Å². The molecule has 2 aromatic heterocycles. The maximum Gasteiger partial charge on any atom is 0.243 e. The molecule has 0 unspecified atom stereocenters. The van der Waals surface area contributed by atoms with Gasteiger partial charge in [0.1, 0.15) is 0 Å². The van der Waals surface area contributed by atoms with Crippen LogP contribution in [-0.4, -0.2) is 36.0 Å². The maximum absolute atomic E-state index is 13.4. The van der Waals surface area contributed by atoms with E-state index in [2.05, 4.69) is 10.1 Å². The van der Waals surface area contributed by atoms with E-state index in [1.165, 1.54) is 0 Å². The molecule has 0 aliphatic carbocycles. The van der Waals surface area contributed by atoms with Crippen LogP contribution in [0.3, 0.4) is 0 Å². The lowest BCUT2D eigenvalue weighted by atomic mass is 10.00. The number of rotatable bonds is 4. The summed E-state index contributed by atoms with van der Waals surface area (Å²) in [4.78, 5) is 5.82. The highest BCUT2D eigenvalue weighted by molar-refractivity contribution is 7.89. The molecule has 29 heavy (non-hydrogen) atoms. The molecular formula is C21H19N3O3S2. The largest absolute Gasteiger partial charge is 0.339 e. The van der Waals surface area contributed by atoms with Crippen LogP contribution in [0.15, 0.2) is 69.4 Å². The Labute approximate surface area is 172 Å². The van der Waals surface area contributed by atoms with Crippen LogP contribution in [0.1, 0.15) is 24.7 Å². The molecule has 1 saturated heterocycles. The van der Waals surface area contributed by atoms with Gasteiger partial charge in [-0.25, -0.2) is 8.42 Å². The zero-order valence-corrected chi connectivity index (χ0v) is 17.2. The topological polar surface area (TPSA) is 76.3 Å². The lowest BCUT2D eigenvalue weighted by molar-refractivity contribution is 0.266. The second-order valence-electron chi connectivity index (χ2n) is 7.11. The number of benzene rings is 2. The molecule has 1 aliphatic rings. The summed E-state index contributed by atoms with van der Waals surface area (Å²) in [6.07, 6.45) is 1.58. The molecule has 1 fully saturated rings. The van der Waals surface area contributed by atoms with E-state index in [-0.39, 0.29) is 5.92 Å². The van der Waals surface area contributed by atoms with Crippen molar-refractivity contribution in [3.05, 3.63) is 65.9 Å². The van der Waals surface area contributed by atoms with Gasteiger partial charge in [0.05, 0.1) is 15.7 Å². The highest BCUT2D eigenvalue weighted by atomic mass is 32.2. The van der Waals surface area contributed by atoms with E-state index >= 15 is 0 Å². The van der Waals surface area contributed by atoms with Crippen molar-refractivity contribution >= 4 is 32.1 Å². The quantitative estimate of drug-likeness (QED) is 0.480. The Balaban J connectivity index is 1.44. The Morgan fingerprint density at radius 2 is 1.93 bits per heavy atom. The molecule has 148 valence electrons. The molecule has 3 heterocycles. The summed E-state index contributed by atoms with van der Waals surface area (Å²) in [5.41, 5.74) is 0. The Morgan fingerprint density at radius 3 is 2.79 bits per heavy atom. The second kappa shape index (κ2) is 7.37. The fraction of sp³-hybridized carbons (Fsp3) is 0.238. The summed E-state index contributed by atoms with van der Waals surface area (Å²) in [5, 5.41) is 7.70. The van der Waals surface area contributed by atoms with E-state index < -0.39 is 10.0 Å². The molecule has 1 aliphatic heterocycles. The highest BCUT2D eigenvalue weighted by Crippen LogP contribution is 2.33. The average Bonchev–Trinajstić information content (AvgIpc) is 3.45. The van der Waals surface area contributed by atoms with E-state index in [0.717, 1.165) is 28.5 Å². The fourth-order valence-electron chi connectivity index (χ4n) is 3.83. The zero-order chi connectivity index (χ0) is 19.8. The standard InChI is InChI=1S/C21H19N3O3S2/c25-29(26,19-11-3-7-15-6-1-2-9-17(15)19)24-12-4-8-16(14-24)21-22-20(23-27-21)18-10-5-13-28-18/h1-3,5-7,9-11,13,16H,4,8,12,14H2/t16-/m0/s1. The predicted molar refractivity (Wildman–Crippen MR) is 112 cm³/mol. The lowest BCUT2D eigenvalue weighted by Crippen LogP contribution is -2.39. The van der Waals surface area contributed by atoms with Gasteiger partial charge >= 0.3 is 0 Å². The first kappa shape index (κ1) is 18.5. The zero-order valence-electron chi connectivity index (χ0n) is 15.6. The van der Waals surface area contributed by atoms with E-state index in [0.29, 0.717) is 29.7 Å². The van der Waals surface area contributed by atoms with Gasteiger partial charge in [-0.15, -0.1) is 11.3 Å². The van der Waals surface area contributed by atoms with Gasteiger partial charge in [0, 0.05) is 18.5 Å². The van der Waals surface area contributed by atoms with E-state index in [9.17, 15) is 8.42 Å². The smallest absolute Gasteiger partial charge is 0.243 e. The van der Waals surface area contributed by atoms with Crippen molar-refractivity contribution in [1.82, 2.24) is 14.4 Å². The molecule has 0 bridgehead atoms. The Morgan fingerprint density at radius 1 is 1.07 bits per heavy atom. The van der Waals surface area contributed by atoms with Gasteiger partial charge in [-0.05, 0) is 35.7 Å². The number of piperidine rings is 1. The van der Waals surface area contributed by atoms with Crippen molar-refractivity contribution in [3.63, 3.8) is 0 Å². The normalized spacial score (nSPS) is 18.3. The minimum absolute atomic E-state index is 0.102. The molecular weight excluding hydrogens is 406 g/mol. The SMILES string of the molecule is O=S(=O)(c1cccc2ccccc12)N1CCC[C@H](c2nc(-c3cccs3)no2)C1. The monoisotopic (exact) mass is 425 g/mol. The summed E-state index contributed by atoms with van der Waals surface area (Å²) in [6.45, 7) is 0.839. The molecule has 6 nitrogen and oxygen atoms in total. The summed E-state index contributed by atoms with van der Waals surface area (Å²) in [5.74, 6) is 0.963. The first-order valence-electron chi connectivity index (χ1n) is 9.48. The molecule has 0 radical (unpaired) electrons. The summed E-state index contributed by atoms with van der Waals surface area (Å²) < 4.78 is 33.9. The first-order chi connectivity index (χ1) is 14.1. The van der Waals surface area contributed by atoms with Crippen LogP contribution in [0.4, 0.5) is 0 Å². The third kappa shape index (κ3) is 3.37. The summed E-state index contributed by atoms with van der Waals surface area (Å²) in [7, 11) is -3.62. The number of nitrogens with zero attached hydrogens (tertiary/aromatic N) is 3. The minimum atomic E-state index is -3.62. The van der Waals surface area contributed by atoms with E-state index in [4.69, 9.17) is 4.52 Å². The molecule has 4 aromatic rings. The van der Waals surface area contributed by atoms with Gasteiger partial charge in [0.25, 0.3) is 0 Å². The Bertz CT molecular complexity index is 1240. The number of sulfonamides is 1. The van der Waals surface area contributed by atoms with Crippen LogP contribution in [0.25, 0.3) is 21.5 Å². The van der Waals surface area contributed by atoms with Crippen LogP contribution in [0.2, 0.25) is 0 Å². The van der Waals surface area contributed by atoms with Crippen LogP contribution < -0.4 is 0 Å². The molecule has 0 spiro atoms. The van der Waals surface area contributed by atoms with E-state index in [1.807, 2.05) is 47.8 Å². The maximum atomic E-state index is 13.4. The number of thiophene rings is 1. The van der Waals surface area contributed by atoms with Gasteiger partial charge in [0.2, 0.25) is 21.7 Å². The fourth-order valence-corrected chi connectivity index (χ4v) is 6.22. The van der Waals surface area contributed by atoms with Crippen molar-refractivity contribution in [3.8, 4) is 10.7 Å². The first-order valence-corrected chi connectivity index (χ1v) is 11.8. The van der Waals surface area contributed by atoms with Crippen LogP contribution in [0, 0.1) is 0 Å². The molecule has 8 heteroatoms.